The van der Waals surface area contributed by atoms with Crippen LogP contribution >= 0.6 is 0 Å². The molecule has 1 aliphatic rings. The lowest BCUT2D eigenvalue weighted by Gasteiger charge is -2.28. The molecule has 0 amide bonds. The molecule has 0 spiro atoms. The predicted octanol–water partition coefficient (Wildman–Crippen LogP) is 2.55. The summed E-state index contributed by atoms with van der Waals surface area (Å²) in [6.07, 6.45) is -0.933. The Hall–Kier alpha value is -1.65. The minimum Gasteiger partial charge on any atom is -0.376 e. The first-order valence-electron chi connectivity index (χ1n) is 8.47. The standard InChI is InChI=1S/C20H24FNOSi/c1-20(2,3)16-10-7-11-18(19(16)15-12-22-13-17(15)21)24(23)14-8-5-4-6-9-14/h4-11,15,17,22H,12-13H2,1-3H3. The van der Waals surface area contributed by atoms with Crippen LogP contribution in [0.1, 0.15) is 37.8 Å². The fourth-order valence-corrected chi connectivity index (χ4v) is 5.11. The Morgan fingerprint density at radius 3 is 2.33 bits per heavy atom. The van der Waals surface area contributed by atoms with Crippen LogP contribution in [0.3, 0.4) is 0 Å². The van der Waals surface area contributed by atoms with Gasteiger partial charge in [-0.25, -0.2) is 4.39 Å². The smallest absolute Gasteiger partial charge is 0.347 e. The molecule has 2 aromatic rings. The van der Waals surface area contributed by atoms with E-state index in [2.05, 4.69) is 32.2 Å². The molecular formula is C20H24FNOSi. The van der Waals surface area contributed by atoms with Gasteiger partial charge in [0.2, 0.25) is 0 Å². The molecule has 126 valence electrons. The number of halogens is 1. The summed E-state index contributed by atoms with van der Waals surface area (Å²) in [5.74, 6) is -0.229. The quantitative estimate of drug-likeness (QED) is 0.870. The van der Waals surface area contributed by atoms with Gasteiger partial charge >= 0.3 is 8.68 Å². The average Bonchev–Trinajstić information content (AvgIpc) is 2.99. The van der Waals surface area contributed by atoms with E-state index < -0.39 is 14.9 Å². The number of hydrogen-bond donors (Lipinski definition) is 1. The van der Waals surface area contributed by atoms with Gasteiger partial charge in [-0.05, 0) is 16.5 Å². The summed E-state index contributed by atoms with van der Waals surface area (Å²) < 4.78 is 27.8. The van der Waals surface area contributed by atoms with Gasteiger partial charge in [0.05, 0.1) is 0 Å². The van der Waals surface area contributed by atoms with E-state index in [0.717, 1.165) is 21.5 Å². The van der Waals surface area contributed by atoms with E-state index in [1.807, 2.05) is 42.5 Å². The summed E-state index contributed by atoms with van der Waals surface area (Å²) >= 11 is 0. The summed E-state index contributed by atoms with van der Waals surface area (Å²) in [5, 5.41) is 4.78. The normalized spacial score (nSPS) is 21.0. The highest BCUT2D eigenvalue weighted by molar-refractivity contribution is 6.73. The second-order valence-electron chi connectivity index (χ2n) is 7.49. The zero-order valence-electron chi connectivity index (χ0n) is 14.5. The molecule has 0 bridgehead atoms. The Kier molecular flexibility index (Phi) is 4.79. The first-order valence-corrected chi connectivity index (χ1v) is 9.88. The molecule has 1 fully saturated rings. The molecule has 1 heterocycles. The van der Waals surface area contributed by atoms with E-state index in [0.29, 0.717) is 13.1 Å². The van der Waals surface area contributed by atoms with Crippen molar-refractivity contribution in [3.05, 3.63) is 59.7 Å². The van der Waals surface area contributed by atoms with E-state index in [-0.39, 0.29) is 11.3 Å². The van der Waals surface area contributed by atoms with Crippen molar-refractivity contribution in [1.29, 1.82) is 0 Å². The van der Waals surface area contributed by atoms with Crippen LogP contribution in [0.5, 0.6) is 0 Å². The topological polar surface area (TPSA) is 29.1 Å². The molecule has 2 nitrogen and oxygen atoms in total. The van der Waals surface area contributed by atoms with Gasteiger partial charge in [-0.15, -0.1) is 0 Å². The second-order valence-corrected chi connectivity index (χ2v) is 9.27. The maximum Gasteiger partial charge on any atom is 0.347 e. The lowest BCUT2D eigenvalue weighted by Crippen LogP contribution is -2.39. The number of hydrogen-bond acceptors (Lipinski definition) is 2. The zero-order chi connectivity index (χ0) is 17.3. The lowest BCUT2D eigenvalue weighted by molar-refractivity contribution is 0.330. The van der Waals surface area contributed by atoms with Gasteiger partial charge in [0.1, 0.15) is 6.17 Å². The number of alkyl halides is 1. The molecule has 1 saturated heterocycles. The van der Waals surface area contributed by atoms with Crippen molar-refractivity contribution in [2.45, 2.75) is 38.3 Å². The number of rotatable bonds is 3. The molecule has 3 rings (SSSR count). The molecule has 0 radical (unpaired) electrons. The van der Waals surface area contributed by atoms with Gasteiger partial charge in [0, 0.05) is 29.4 Å². The molecule has 0 saturated carbocycles. The van der Waals surface area contributed by atoms with Gasteiger partial charge in [-0.2, -0.15) is 0 Å². The maximum absolute atomic E-state index is 14.5. The third kappa shape index (κ3) is 3.26. The Balaban J connectivity index is 2.17. The van der Waals surface area contributed by atoms with Gasteiger partial charge in [0.15, 0.2) is 0 Å². The number of nitrogens with one attached hydrogen (secondary N) is 1. The van der Waals surface area contributed by atoms with Crippen LogP contribution in [0.2, 0.25) is 0 Å². The summed E-state index contributed by atoms with van der Waals surface area (Å²) in [4.78, 5) is 0. The van der Waals surface area contributed by atoms with Crippen molar-refractivity contribution in [2.24, 2.45) is 0 Å². The van der Waals surface area contributed by atoms with E-state index in [1.54, 1.807) is 0 Å². The van der Waals surface area contributed by atoms with Crippen molar-refractivity contribution in [2.75, 3.05) is 13.1 Å². The van der Waals surface area contributed by atoms with Crippen LogP contribution in [0.15, 0.2) is 48.5 Å². The Morgan fingerprint density at radius 2 is 1.75 bits per heavy atom. The van der Waals surface area contributed by atoms with E-state index in [1.165, 1.54) is 0 Å². The monoisotopic (exact) mass is 341 g/mol. The largest absolute Gasteiger partial charge is 0.376 e. The Labute approximate surface area is 144 Å². The van der Waals surface area contributed by atoms with Crippen LogP contribution < -0.4 is 15.7 Å². The number of benzene rings is 2. The van der Waals surface area contributed by atoms with E-state index in [4.69, 9.17) is 0 Å². The molecule has 0 aliphatic carbocycles. The fraction of sp³-hybridized carbons (Fsp3) is 0.400. The average molecular weight is 342 g/mol. The molecule has 2 atom stereocenters. The summed E-state index contributed by atoms with van der Waals surface area (Å²) in [6.45, 7) is 7.36. The minimum atomic E-state index is -2.16. The van der Waals surface area contributed by atoms with Crippen molar-refractivity contribution in [3.8, 4) is 0 Å². The molecule has 24 heavy (non-hydrogen) atoms. The van der Waals surface area contributed by atoms with Crippen LogP contribution in [0.25, 0.3) is 0 Å². The van der Waals surface area contributed by atoms with Gasteiger partial charge in [0.25, 0.3) is 0 Å². The Morgan fingerprint density at radius 1 is 1.04 bits per heavy atom. The molecule has 0 aromatic heterocycles. The van der Waals surface area contributed by atoms with Crippen LogP contribution in [-0.2, 0) is 9.88 Å². The maximum atomic E-state index is 14.5. The SMILES string of the molecule is CC(C)(C)c1cccc([Si](=O)c2ccccc2)c1C1CNCC1F. The fourth-order valence-electron chi connectivity index (χ4n) is 3.49. The minimum absolute atomic E-state index is 0.119. The van der Waals surface area contributed by atoms with Crippen molar-refractivity contribution in [3.63, 3.8) is 0 Å². The lowest BCUT2D eigenvalue weighted by atomic mass is 9.79. The van der Waals surface area contributed by atoms with Crippen molar-refractivity contribution >= 4 is 19.1 Å². The molecular weight excluding hydrogens is 317 g/mol. The van der Waals surface area contributed by atoms with Crippen LogP contribution in [0, 0.1) is 0 Å². The highest BCUT2D eigenvalue weighted by atomic mass is 28.3. The van der Waals surface area contributed by atoms with Gasteiger partial charge < -0.3 is 9.78 Å². The first-order chi connectivity index (χ1) is 11.4. The third-order valence-electron chi connectivity index (χ3n) is 4.71. The summed E-state index contributed by atoms with van der Waals surface area (Å²) in [5.41, 5.74) is 1.94. The second kappa shape index (κ2) is 6.69. The van der Waals surface area contributed by atoms with Crippen molar-refractivity contribution < 1.29 is 8.85 Å². The van der Waals surface area contributed by atoms with Crippen LogP contribution in [0.4, 0.5) is 4.39 Å². The summed E-state index contributed by atoms with van der Waals surface area (Å²) in [6, 6.07) is 15.5. The highest BCUT2D eigenvalue weighted by Gasteiger charge is 2.35. The van der Waals surface area contributed by atoms with Gasteiger partial charge in [-0.3, -0.25) is 0 Å². The summed E-state index contributed by atoms with van der Waals surface area (Å²) in [7, 11) is -2.16. The first kappa shape index (κ1) is 17.2. The highest BCUT2D eigenvalue weighted by Crippen LogP contribution is 2.33. The molecule has 1 N–H and O–H groups in total. The van der Waals surface area contributed by atoms with E-state index in [9.17, 15) is 8.85 Å². The van der Waals surface area contributed by atoms with Gasteiger partial charge in [-0.1, -0.05) is 69.3 Å². The molecule has 1 aliphatic heterocycles. The zero-order valence-corrected chi connectivity index (χ0v) is 15.5. The molecule has 4 heteroatoms. The van der Waals surface area contributed by atoms with Crippen LogP contribution in [-0.4, -0.2) is 27.9 Å². The third-order valence-corrected chi connectivity index (χ3v) is 6.49. The van der Waals surface area contributed by atoms with E-state index >= 15 is 0 Å². The predicted molar refractivity (Wildman–Crippen MR) is 97.8 cm³/mol. The Bertz CT molecular complexity index is 739. The van der Waals surface area contributed by atoms with Crippen molar-refractivity contribution in [1.82, 2.24) is 5.32 Å². The molecule has 2 unspecified atom stereocenters. The molecule has 2 aromatic carbocycles.